The highest BCUT2D eigenvalue weighted by molar-refractivity contribution is 9.10. The predicted molar refractivity (Wildman–Crippen MR) is 81.6 cm³/mol. The summed E-state index contributed by atoms with van der Waals surface area (Å²) in [5.41, 5.74) is 8.22. The first-order valence-corrected chi connectivity index (χ1v) is 6.97. The third-order valence-corrected chi connectivity index (χ3v) is 3.64. The van der Waals surface area contributed by atoms with Crippen LogP contribution in [0.25, 0.3) is 0 Å². The summed E-state index contributed by atoms with van der Waals surface area (Å²) in [6, 6.07) is 13.2. The first-order chi connectivity index (χ1) is 9.11. The number of anilines is 2. The van der Waals surface area contributed by atoms with Crippen LogP contribution in [0.3, 0.4) is 0 Å². The molecule has 0 saturated carbocycles. The average molecular weight is 323 g/mol. The Morgan fingerprint density at radius 3 is 2.58 bits per heavy atom. The highest BCUT2D eigenvalue weighted by Crippen LogP contribution is 2.30. The van der Waals surface area contributed by atoms with Crippen LogP contribution in [0.4, 0.5) is 15.8 Å². The molecule has 2 aromatic rings. The highest BCUT2D eigenvalue weighted by atomic mass is 79.9. The van der Waals surface area contributed by atoms with Gasteiger partial charge in [-0.15, -0.1) is 0 Å². The maximum atomic E-state index is 13.6. The van der Waals surface area contributed by atoms with E-state index in [1.165, 1.54) is 6.07 Å². The van der Waals surface area contributed by atoms with Gasteiger partial charge in [0.2, 0.25) is 0 Å². The number of hydrogen-bond donors (Lipinski definition) is 2. The molecule has 0 heterocycles. The number of nitrogens with two attached hydrogens (primary N) is 1. The van der Waals surface area contributed by atoms with E-state index in [4.69, 9.17) is 5.73 Å². The Balaban J connectivity index is 2.26. The van der Waals surface area contributed by atoms with E-state index in [1.807, 2.05) is 30.3 Å². The van der Waals surface area contributed by atoms with Crippen LogP contribution < -0.4 is 11.1 Å². The SMILES string of the molecule is CCC(Nc1cc(F)c(Br)cc1N)c1ccccc1. The fraction of sp³-hybridized carbons (Fsp3) is 0.200. The van der Waals surface area contributed by atoms with Crippen molar-refractivity contribution in [1.82, 2.24) is 0 Å². The second-order valence-corrected chi connectivity index (χ2v) is 5.22. The summed E-state index contributed by atoms with van der Waals surface area (Å²) in [5.74, 6) is -0.320. The van der Waals surface area contributed by atoms with Gasteiger partial charge in [0, 0.05) is 6.07 Å². The van der Waals surface area contributed by atoms with Crippen molar-refractivity contribution in [3.8, 4) is 0 Å². The Morgan fingerprint density at radius 1 is 1.26 bits per heavy atom. The molecule has 0 fully saturated rings. The Kier molecular flexibility index (Phi) is 4.43. The van der Waals surface area contributed by atoms with Crippen molar-refractivity contribution in [3.05, 3.63) is 58.3 Å². The van der Waals surface area contributed by atoms with E-state index >= 15 is 0 Å². The normalized spacial score (nSPS) is 12.2. The molecule has 4 heteroatoms. The van der Waals surface area contributed by atoms with E-state index in [-0.39, 0.29) is 11.9 Å². The van der Waals surface area contributed by atoms with Crippen LogP contribution in [-0.2, 0) is 0 Å². The van der Waals surface area contributed by atoms with Gasteiger partial charge in [0.15, 0.2) is 0 Å². The Labute approximate surface area is 121 Å². The first-order valence-electron chi connectivity index (χ1n) is 6.17. The zero-order valence-electron chi connectivity index (χ0n) is 10.7. The minimum atomic E-state index is -0.320. The van der Waals surface area contributed by atoms with Crippen LogP contribution in [0.5, 0.6) is 0 Å². The third kappa shape index (κ3) is 3.26. The van der Waals surface area contributed by atoms with E-state index in [0.29, 0.717) is 15.8 Å². The van der Waals surface area contributed by atoms with Gasteiger partial charge in [-0.05, 0) is 34.0 Å². The summed E-state index contributed by atoms with van der Waals surface area (Å²) in [7, 11) is 0. The molecule has 2 rings (SSSR count). The zero-order valence-corrected chi connectivity index (χ0v) is 12.2. The minimum absolute atomic E-state index is 0.115. The molecular weight excluding hydrogens is 307 g/mol. The monoisotopic (exact) mass is 322 g/mol. The van der Waals surface area contributed by atoms with E-state index < -0.39 is 0 Å². The summed E-state index contributed by atoms with van der Waals surface area (Å²) < 4.78 is 14.0. The number of nitrogen functional groups attached to an aromatic ring is 1. The minimum Gasteiger partial charge on any atom is -0.397 e. The van der Waals surface area contributed by atoms with Crippen molar-refractivity contribution in [2.45, 2.75) is 19.4 Å². The zero-order chi connectivity index (χ0) is 13.8. The van der Waals surface area contributed by atoms with Crippen molar-refractivity contribution in [2.75, 3.05) is 11.1 Å². The number of hydrogen-bond acceptors (Lipinski definition) is 2. The molecule has 19 heavy (non-hydrogen) atoms. The molecule has 0 bridgehead atoms. The number of halogens is 2. The molecule has 0 aliphatic heterocycles. The second kappa shape index (κ2) is 6.06. The van der Waals surface area contributed by atoms with Crippen LogP contribution in [0.1, 0.15) is 24.9 Å². The quantitative estimate of drug-likeness (QED) is 0.798. The van der Waals surface area contributed by atoms with Crippen molar-refractivity contribution >= 4 is 27.3 Å². The lowest BCUT2D eigenvalue weighted by Crippen LogP contribution is -2.11. The average Bonchev–Trinajstić information content (AvgIpc) is 2.42. The number of rotatable bonds is 4. The third-order valence-electron chi connectivity index (χ3n) is 3.03. The summed E-state index contributed by atoms with van der Waals surface area (Å²) in [6.07, 6.45) is 0.890. The van der Waals surface area contributed by atoms with Crippen LogP contribution in [0.15, 0.2) is 46.9 Å². The van der Waals surface area contributed by atoms with Gasteiger partial charge in [0.25, 0.3) is 0 Å². The summed E-state index contributed by atoms with van der Waals surface area (Å²) in [5, 5.41) is 3.30. The van der Waals surface area contributed by atoms with E-state index in [0.717, 1.165) is 12.0 Å². The molecule has 1 unspecified atom stereocenters. The molecule has 2 aromatic carbocycles. The van der Waals surface area contributed by atoms with Gasteiger partial charge in [-0.1, -0.05) is 37.3 Å². The molecule has 0 amide bonds. The van der Waals surface area contributed by atoms with Crippen molar-refractivity contribution in [1.29, 1.82) is 0 Å². The topological polar surface area (TPSA) is 38.0 Å². The predicted octanol–water partition coefficient (Wildman–Crippen LogP) is 4.73. The molecule has 0 radical (unpaired) electrons. The van der Waals surface area contributed by atoms with Gasteiger partial charge in [-0.2, -0.15) is 0 Å². The van der Waals surface area contributed by atoms with Gasteiger partial charge in [-0.3, -0.25) is 0 Å². The van der Waals surface area contributed by atoms with Gasteiger partial charge in [-0.25, -0.2) is 4.39 Å². The lowest BCUT2D eigenvalue weighted by atomic mass is 10.0. The van der Waals surface area contributed by atoms with Gasteiger partial charge >= 0.3 is 0 Å². The van der Waals surface area contributed by atoms with Crippen LogP contribution in [0, 0.1) is 5.82 Å². The Hall–Kier alpha value is -1.55. The Morgan fingerprint density at radius 2 is 1.95 bits per heavy atom. The lowest BCUT2D eigenvalue weighted by Gasteiger charge is -2.20. The van der Waals surface area contributed by atoms with Crippen molar-refractivity contribution in [2.24, 2.45) is 0 Å². The second-order valence-electron chi connectivity index (χ2n) is 4.37. The molecular formula is C15H16BrFN2. The molecule has 100 valence electrons. The van der Waals surface area contributed by atoms with Crippen LogP contribution >= 0.6 is 15.9 Å². The summed E-state index contributed by atoms with van der Waals surface area (Å²) in [4.78, 5) is 0. The molecule has 0 aliphatic rings. The highest BCUT2D eigenvalue weighted by Gasteiger charge is 2.12. The Bertz CT molecular complexity index is 558. The van der Waals surface area contributed by atoms with E-state index in [9.17, 15) is 4.39 Å². The molecule has 3 N–H and O–H groups in total. The first kappa shape index (κ1) is 13.9. The van der Waals surface area contributed by atoms with Gasteiger partial charge < -0.3 is 11.1 Å². The standard InChI is InChI=1S/C15H16BrFN2/c1-2-14(10-6-4-3-5-7-10)19-15-9-12(17)11(16)8-13(15)18/h3-9,14,19H,2,18H2,1H3. The smallest absolute Gasteiger partial charge is 0.139 e. The number of nitrogens with one attached hydrogen (secondary N) is 1. The summed E-state index contributed by atoms with van der Waals surface area (Å²) >= 11 is 3.13. The number of benzene rings is 2. The fourth-order valence-corrected chi connectivity index (χ4v) is 2.34. The molecule has 0 saturated heterocycles. The molecule has 1 atom stereocenters. The van der Waals surface area contributed by atoms with Crippen molar-refractivity contribution in [3.63, 3.8) is 0 Å². The summed E-state index contributed by atoms with van der Waals surface area (Å²) in [6.45, 7) is 2.08. The van der Waals surface area contributed by atoms with Crippen molar-refractivity contribution < 1.29 is 4.39 Å². The van der Waals surface area contributed by atoms with E-state index in [2.05, 4.69) is 28.2 Å². The van der Waals surface area contributed by atoms with Crippen LogP contribution in [-0.4, -0.2) is 0 Å². The maximum Gasteiger partial charge on any atom is 0.139 e. The lowest BCUT2D eigenvalue weighted by molar-refractivity contribution is 0.621. The van der Waals surface area contributed by atoms with Gasteiger partial charge in [0.05, 0.1) is 21.9 Å². The molecule has 0 aliphatic carbocycles. The van der Waals surface area contributed by atoms with E-state index in [1.54, 1.807) is 6.07 Å². The molecule has 0 aromatic heterocycles. The van der Waals surface area contributed by atoms with Gasteiger partial charge in [0.1, 0.15) is 5.82 Å². The fourth-order valence-electron chi connectivity index (χ4n) is 1.98. The maximum absolute atomic E-state index is 13.6. The molecule has 2 nitrogen and oxygen atoms in total. The largest absolute Gasteiger partial charge is 0.397 e. The van der Waals surface area contributed by atoms with Crippen LogP contribution in [0.2, 0.25) is 0 Å². The molecule has 0 spiro atoms.